The van der Waals surface area contributed by atoms with Crippen LogP contribution in [0.1, 0.15) is 64.6 Å². The standard InChI is InChI=1S/C15H27N3O2S/c1-12(2)18-11-14(9-13(18)10-16)21(19,20)17-15(3)7-5-4-6-8-15/h9,11-12,17H,4-8,10,16H2,1-3H3. The van der Waals surface area contributed by atoms with Crippen molar-refractivity contribution >= 4 is 10.0 Å². The fourth-order valence-electron chi connectivity index (χ4n) is 3.11. The summed E-state index contributed by atoms with van der Waals surface area (Å²) in [5, 5.41) is 0. The molecule has 1 saturated carbocycles. The summed E-state index contributed by atoms with van der Waals surface area (Å²) < 4.78 is 30.1. The van der Waals surface area contributed by atoms with Gasteiger partial charge in [0.15, 0.2) is 0 Å². The van der Waals surface area contributed by atoms with Crippen LogP contribution in [-0.4, -0.2) is 18.5 Å². The third kappa shape index (κ3) is 3.67. The van der Waals surface area contributed by atoms with E-state index < -0.39 is 10.0 Å². The van der Waals surface area contributed by atoms with E-state index in [4.69, 9.17) is 5.73 Å². The molecule has 1 aliphatic rings. The van der Waals surface area contributed by atoms with E-state index in [0.717, 1.165) is 31.4 Å². The third-order valence-electron chi connectivity index (χ3n) is 4.32. The molecular formula is C15H27N3O2S. The fourth-order valence-corrected chi connectivity index (χ4v) is 4.62. The molecule has 0 aliphatic heterocycles. The Labute approximate surface area is 128 Å². The van der Waals surface area contributed by atoms with E-state index in [-0.39, 0.29) is 11.6 Å². The first-order chi connectivity index (χ1) is 9.77. The van der Waals surface area contributed by atoms with Crippen LogP contribution in [0.25, 0.3) is 0 Å². The van der Waals surface area contributed by atoms with E-state index in [2.05, 4.69) is 4.72 Å². The Hall–Kier alpha value is -0.850. The van der Waals surface area contributed by atoms with Crippen LogP contribution in [-0.2, 0) is 16.6 Å². The smallest absolute Gasteiger partial charge is 0.242 e. The van der Waals surface area contributed by atoms with Crippen LogP contribution in [0.3, 0.4) is 0 Å². The predicted octanol–water partition coefficient (Wildman–Crippen LogP) is 2.53. The van der Waals surface area contributed by atoms with Crippen molar-refractivity contribution in [2.75, 3.05) is 0 Å². The second-order valence-electron chi connectivity index (χ2n) is 6.60. The van der Waals surface area contributed by atoms with E-state index in [0.29, 0.717) is 11.4 Å². The molecule has 1 aromatic rings. The molecule has 2 rings (SSSR count). The molecule has 6 heteroatoms. The zero-order valence-corrected chi connectivity index (χ0v) is 14.0. The van der Waals surface area contributed by atoms with Gasteiger partial charge < -0.3 is 10.3 Å². The molecule has 0 saturated heterocycles. The summed E-state index contributed by atoms with van der Waals surface area (Å²) in [7, 11) is -3.49. The van der Waals surface area contributed by atoms with Crippen LogP contribution in [0.4, 0.5) is 0 Å². The Morgan fingerprint density at radius 1 is 1.33 bits per heavy atom. The molecule has 5 nitrogen and oxygen atoms in total. The number of nitrogens with one attached hydrogen (secondary N) is 1. The normalized spacial score (nSPS) is 19.1. The maximum absolute atomic E-state index is 12.6. The number of aromatic nitrogens is 1. The largest absolute Gasteiger partial charge is 0.346 e. The number of nitrogens with zero attached hydrogens (tertiary/aromatic N) is 1. The minimum absolute atomic E-state index is 0.192. The molecule has 0 radical (unpaired) electrons. The minimum Gasteiger partial charge on any atom is -0.346 e. The molecule has 3 N–H and O–H groups in total. The molecule has 1 fully saturated rings. The second-order valence-corrected chi connectivity index (χ2v) is 8.28. The van der Waals surface area contributed by atoms with Crippen LogP contribution >= 0.6 is 0 Å². The molecule has 1 aromatic heterocycles. The van der Waals surface area contributed by atoms with Gasteiger partial charge in [-0.2, -0.15) is 0 Å². The highest BCUT2D eigenvalue weighted by Gasteiger charge is 2.32. The van der Waals surface area contributed by atoms with Gasteiger partial charge in [-0.1, -0.05) is 19.3 Å². The summed E-state index contributed by atoms with van der Waals surface area (Å²) >= 11 is 0. The van der Waals surface area contributed by atoms with Gasteiger partial charge in [-0.05, 0) is 39.7 Å². The van der Waals surface area contributed by atoms with Crippen LogP contribution < -0.4 is 10.5 Å². The monoisotopic (exact) mass is 313 g/mol. The molecule has 0 spiro atoms. The van der Waals surface area contributed by atoms with Gasteiger partial charge in [0.2, 0.25) is 10.0 Å². The second kappa shape index (κ2) is 6.10. The zero-order chi connectivity index (χ0) is 15.7. The summed E-state index contributed by atoms with van der Waals surface area (Å²) in [6.45, 7) is 6.38. The fraction of sp³-hybridized carbons (Fsp3) is 0.733. The van der Waals surface area contributed by atoms with Gasteiger partial charge in [-0.25, -0.2) is 13.1 Å². The van der Waals surface area contributed by atoms with Crippen LogP contribution in [0.2, 0.25) is 0 Å². The Kier molecular flexibility index (Phi) is 4.80. The van der Waals surface area contributed by atoms with Crippen molar-refractivity contribution < 1.29 is 8.42 Å². The number of rotatable bonds is 5. The van der Waals surface area contributed by atoms with Crippen LogP contribution in [0, 0.1) is 0 Å². The van der Waals surface area contributed by atoms with E-state index >= 15 is 0 Å². The summed E-state index contributed by atoms with van der Waals surface area (Å²) in [4.78, 5) is 0.323. The van der Waals surface area contributed by atoms with Gasteiger partial charge in [-0.15, -0.1) is 0 Å². The predicted molar refractivity (Wildman–Crippen MR) is 84.5 cm³/mol. The molecule has 120 valence electrons. The van der Waals surface area contributed by atoms with Crippen molar-refractivity contribution in [3.05, 3.63) is 18.0 Å². The van der Waals surface area contributed by atoms with Gasteiger partial charge >= 0.3 is 0 Å². The third-order valence-corrected chi connectivity index (χ3v) is 5.93. The molecule has 0 amide bonds. The average molecular weight is 313 g/mol. The molecule has 0 atom stereocenters. The first-order valence-corrected chi connectivity index (χ1v) is 9.20. The molecular weight excluding hydrogens is 286 g/mol. The molecule has 1 heterocycles. The van der Waals surface area contributed by atoms with Gasteiger partial charge in [0.05, 0.1) is 4.90 Å². The maximum atomic E-state index is 12.6. The Bertz CT molecular complexity index is 584. The van der Waals surface area contributed by atoms with Crippen LogP contribution in [0.15, 0.2) is 17.2 Å². The van der Waals surface area contributed by atoms with Crippen molar-refractivity contribution in [2.24, 2.45) is 5.73 Å². The number of hydrogen-bond acceptors (Lipinski definition) is 3. The van der Waals surface area contributed by atoms with Gasteiger partial charge in [0.1, 0.15) is 0 Å². The lowest BCUT2D eigenvalue weighted by Gasteiger charge is -2.33. The van der Waals surface area contributed by atoms with Crippen molar-refractivity contribution in [3.63, 3.8) is 0 Å². The maximum Gasteiger partial charge on any atom is 0.242 e. The summed E-state index contributed by atoms with van der Waals surface area (Å²) in [5.41, 5.74) is 6.25. The van der Waals surface area contributed by atoms with Crippen LogP contribution in [0.5, 0.6) is 0 Å². The molecule has 0 bridgehead atoms. The van der Waals surface area contributed by atoms with E-state index in [1.807, 2.05) is 25.3 Å². The average Bonchev–Trinajstić information content (AvgIpc) is 2.83. The lowest BCUT2D eigenvalue weighted by molar-refractivity contribution is 0.294. The van der Waals surface area contributed by atoms with E-state index in [1.165, 1.54) is 6.42 Å². The lowest BCUT2D eigenvalue weighted by Crippen LogP contribution is -2.46. The first kappa shape index (κ1) is 16.5. The van der Waals surface area contributed by atoms with E-state index in [1.54, 1.807) is 12.3 Å². The number of hydrogen-bond donors (Lipinski definition) is 2. The van der Waals surface area contributed by atoms with Gasteiger partial charge in [0, 0.05) is 30.0 Å². The van der Waals surface area contributed by atoms with Gasteiger partial charge in [0.25, 0.3) is 0 Å². The Morgan fingerprint density at radius 2 is 1.95 bits per heavy atom. The Balaban J connectivity index is 2.27. The van der Waals surface area contributed by atoms with Crippen molar-refractivity contribution in [3.8, 4) is 0 Å². The van der Waals surface area contributed by atoms with Gasteiger partial charge in [-0.3, -0.25) is 0 Å². The zero-order valence-electron chi connectivity index (χ0n) is 13.2. The first-order valence-electron chi connectivity index (χ1n) is 7.72. The number of sulfonamides is 1. The summed E-state index contributed by atoms with van der Waals surface area (Å²) in [6.07, 6.45) is 6.86. The van der Waals surface area contributed by atoms with E-state index in [9.17, 15) is 8.42 Å². The summed E-state index contributed by atoms with van der Waals surface area (Å²) in [6, 6.07) is 1.88. The van der Waals surface area contributed by atoms with Crippen molar-refractivity contribution in [2.45, 2.75) is 75.9 Å². The highest BCUT2D eigenvalue weighted by molar-refractivity contribution is 7.89. The molecule has 0 aromatic carbocycles. The summed E-state index contributed by atoms with van der Waals surface area (Å²) in [5.74, 6) is 0. The van der Waals surface area contributed by atoms with Crippen molar-refractivity contribution in [1.82, 2.24) is 9.29 Å². The SMILES string of the molecule is CC(C)n1cc(S(=O)(=O)NC2(C)CCCCC2)cc1CN. The quantitative estimate of drug-likeness (QED) is 0.877. The molecule has 0 unspecified atom stereocenters. The van der Waals surface area contributed by atoms with Crippen molar-refractivity contribution in [1.29, 1.82) is 0 Å². The molecule has 1 aliphatic carbocycles. The Morgan fingerprint density at radius 3 is 2.43 bits per heavy atom. The minimum atomic E-state index is -3.49. The highest BCUT2D eigenvalue weighted by atomic mass is 32.2. The lowest BCUT2D eigenvalue weighted by atomic mass is 9.84. The molecule has 21 heavy (non-hydrogen) atoms. The highest BCUT2D eigenvalue weighted by Crippen LogP contribution is 2.30. The number of nitrogens with two attached hydrogens (primary N) is 1. The topological polar surface area (TPSA) is 77.1 Å².